The number of hydrogen-bond donors (Lipinski definition) is 1. The van der Waals surface area contributed by atoms with E-state index in [1.165, 1.54) is 0 Å². The van der Waals surface area contributed by atoms with Gasteiger partial charge in [0.25, 0.3) is 0 Å². The summed E-state index contributed by atoms with van der Waals surface area (Å²) in [5.74, 6) is 0. The first-order valence-corrected chi connectivity index (χ1v) is 3.80. The van der Waals surface area contributed by atoms with Gasteiger partial charge in [-0.1, -0.05) is 6.92 Å². The maximum Gasteiger partial charge on any atom is 0.129 e. The summed E-state index contributed by atoms with van der Waals surface area (Å²) in [7, 11) is 1.95. The van der Waals surface area contributed by atoms with Crippen LogP contribution < -0.4 is 5.32 Å². The highest BCUT2D eigenvalue weighted by Gasteiger charge is 2.29. The number of rotatable bonds is 2. The number of nitrogens with one attached hydrogen (secondary N) is 1. The van der Waals surface area contributed by atoms with Crippen LogP contribution in [0.4, 0.5) is 4.39 Å². The van der Waals surface area contributed by atoms with Crippen LogP contribution in [0.1, 0.15) is 6.92 Å². The van der Waals surface area contributed by atoms with Crippen LogP contribution in [0, 0.1) is 0 Å². The average Bonchev–Trinajstić information content (AvgIpc) is 2.13. The van der Waals surface area contributed by atoms with E-state index in [1.54, 1.807) is 0 Å². The molecule has 60 valence electrons. The highest BCUT2D eigenvalue weighted by atomic mass is 19.1. The summed E-state index contributed by atoms with van der Waals surface area (Å²) in [5.41, 5.74) is 0. The SMILES string of the molecule is CCNC1CN(C)CC1F. The van der Waals surface area contributed by atoms with E-state index in [9.17, 15) is 4.39 Å². The molecule has 0 aromatic carbocycles. The summed E-state index contributed by atoms with van der Waals surface area (Å²) < 4.78 is 12.9. The van der Waals surface area contributed by atoms with Gasteiger partial charge in [-0.2, -0.15) is 0 Å². The van der Waals surface area contributed by atoms with Gasteiger partial charge in [0.05, 0.1) is 6.04 Å². The van der Waals surface area contributed by atoms with Gasteiger partial charge >= 0.3 is 0 Å². The molecular weight excluding hydrogens is 131 g/mol. The van der Waals surface area contributed by atoms with E-state index in [2.05, 4.69) is 5.32 Å². The number of alkyl halides is 1. The van der Waals surface area contributed by atoms with Crippen LogP contribution in [0.15, 0.2) is 0 Å². The smallest absolute Gasteiger partial charge is 0.129 e. The van der Waals surface area contributed by atoms with Crippen LogP contribution in [0.25, 0.3) is 0 Å². The Morgan fingerprint density at radius 1 is 1.60 bits per heavy atom. The lowest BCUT2D eigenvalue weighted by molar-refractivity contribution is 0.292. The minimum Gasteiger partial charge on any atom is -0.310 e. The van der Waals surface area contributed by atoms with E-state index >= 15 is 0 Å². The molecule has 0 spiro atoms. The molecule has 2 atom stereocenters. The first-order chi connectivity index (χ1) is 4.74. The van der Waals surface area contributed by atoms with Gasteiger partial charge in [-0.25, -0.2) is 4.39 Å². The molecule has 0 amide bonds. The first kappa shape index (κ1) is 7.95. The summed E-state index contributed by atoms with van der Waals surface area (Å²) in [5, 5.41) is 3.11. The monoisotopic (exact) mass is 146 g/mol. The predicted octanol–water partition coefficient (Wildman–Crippen LogP) is 0.248. The zero-order valence-corrected chi connectivity index (χ0v) is 6.60. The van der Waals surface area contributed by atoms with Crippen LogP contribution in [0.2, 0.25) is 0 Å². The molecule has 0 radical (unpaired) electrons. The molecule has 2 nitrogen and oxygen atoms in total. The van der Waals surface area contributed by atoms with Gasteiger partial charge in [0.2, 0.25) is 0 Å². The second-order valence-electron chi connectivity index (χ2n) is 2.90. The lowest BCUT2D eigenvalue weighted by Gasteiger charge is -2.11. The largest absolute Gasteiger partial charge is 0.310 e. The van der Waals surface area contributed by atoms with E-state index in [1.807, 2.05) is 18.9 Å². The second-order valence-corrected chi connectivity index (χ2v) is 2.90. The third-order valence-corrected chi connectivity index (χ3v) is 1.90. The van der Waals surface area contributed by atoms with Crippen molar-refractivity contribution in [3.63, 3.8) is 0 Å². The van der Waals surface area contributed by atoms with Crippen LogP contribution >= 0.6 is 0 Å². The molecule has 0 aromatic heterocycles. The maximum atomic E-state index is 12.9. The Kier molecular flexibility index (Phi) is 2.63. The lowest BCUT2D eigenvalue weighted by atomic mass is 10.2. The van der Waals surface area contributed by atoms with Crippen molar-refractivity contribution in [2.24, 2.45) is 0 Å². The number of halogens is 1. The molecule has 1 rings (SSSR count). The molecular formula is C7H15FN2. The molecule has 1 saturated heterocycles. The van der Waals surface area contributed by atoms with Crippen molar-refractivity contribution >= 4 is 0 Å². The molecule has 0 aromatic rings. The molecule has 2 unspecified atom stereocenters. The molecule has 1 fully saturated rings. The van der Waals surface area contributed by atoms with E-state index < -0.39 is 6.17 Å². The topological polar surface area (TPSA) is 15.3 Å². The number of likely N-dealkylation sites (tertiary alicyclic amines) is 1. The fourth-order valence-electron chi connectivity index (χ4n) is 1.40. The Bertz CT molecular complexity index is 108. The number of likely N-dealkylation sites (N-methyl/N-ethyl adjacent to an activating group) is 2. The molecule has 0 saturated carbocycles. The van der Waals surface area contributed by atoms with E-state index in [-0.39, 0.29) is 6.04 Å². The summed E-state index contributed by atoms with van der Waals surface area (Å²) in [4.78, 5) is 2.01. The molecule has 1 aliphatic rings. The van der Waals surface area contributed by atoms with Gasteiger partial charge in [0.1, 0.15) is 6.17 Å². The fourth-order valence-corrected chi connectivity index (χ4v) is 1.40. The summed E-state index contributed by atoms with van der Waals surface area (Å²) in [6.45, 7) is 4.29. The van der Waals surface area contributed by atoms with Gasteiger partial charge in [-0.15, -0.1) is 0 Å². The zero-order valence-electron chi connectivity index (χ0n) is 6.60. The predicted molar refractivity (Wildman–Crippen MR) is 39.9 cm³/mol. The third kappa shape index (κ3) is 1.67. The average molecular weight is 146 g/mol. The summed E-state index contributed by atoms with van der Waals surface area (Å²) in [6.07, 6.45) is -0.676. The van der Waals surface area contributed by atoms with Crippen molar-refractivity contribution in [3.8, 4) is 0 Å². The first-order valence-electron chi connectivity index (χ1n) is 3.80. The van der Waals surface area contributed by atoms with Crippen LogP contribution in [0.5, 0.6) is 0 Å². The van der Waals surface area contributed by atoms with Gasteiger partial charge < -0.3 is 10.2 Å². The molecule has 1 N–H and O–H groups in total. The molecule has 1 heterocycles. The van der Waals surface area contributed by atoms with Gasteiger partial charge in [-0.3, -0.25) is 0 Å². The van der Waals surface area contributed by atoms with Crippen molar-refractivity contribution < 1.29 is 4.39 Å². The Morgan fingerprint density at radius 3 is 2.70 bits per heavy atom. The molecule has 1 aliphatic heterocycles. The van der Waals surface area contributed by atoms with Gasteiger partial charge in [0.15, 0.2) is 0 Å². The highest BCUT2D eigenvalue weighted by Crippen LogP contribution is 2.10. The van der Waals surface area contributed by atoms with E-state index in [4.69, 9.17) is 0 Å². The Morgan fingerprint density at radius 2 is 2.30 bits per heavy atom. The minimum atomic E-state index is -0.676. The molecule has 0 bridgehead atoms. The number of hydrogen-bond acceptors (Lipinski definition) is 2. The van der Waals surface area contributed by atoms with Gasteiger partial charge in [-0.05, 0) is 13.6 Å². The Hall–Kier alpha value is -0.150. The lowest BCUT2D eigenvalue weighted by Crippen LogP contribution is -2.36. The van der Waals surface area contributed by atoms with E-state index in [0.29, 0.717) is 6.54 Å². The van der Waals surface area contributed by atoms with E-state index in [0.717, 1.165) is 13.1 Å². The third-order valence-electron chi connectivity index (χ3n) is 1.90. The standard InChI is InChI=1S/C7H15FN2/c1-3-9-7-5-10(2)4-6(7)8/h6-7,9H,3-5H2,1-2H3. The summed E-state index contributed by atoms with van der Waals surface area (Å²) >= 11 is 0. The second kappa shape index (κ2) is 3.30. The van der Waals surface area contributed by atoms with Crippen LogP contribution in [-0.2, 0) is 0 Å². The molecule has 10 heavy (non-hydrogen) atoms. The molecule has 0 aliphatic carbocycles. The quantitative estimate of drug-likeness (QED) is 0.600. The van der Waals surface area contributed by atoms with Crippen molar-refractivity contribution in [2.45, 2.75) is 19.1 Å². The fraction of sp³-hybridized carbons (Fsp3) is 1.00. The van der Waals surface area contributed by atoms with Crippen molar-refractivity contribution in [3.05, 3.63) is 0 Å². The van der Waals surface area contributed by atoms with Crippen molar-refractivity contribution in [1.29, 1.82) is 0 Å². The number of nitrogens with zero attached hydrogens (tertiary/aromatic N) is 1. The van der Waals surface area contributed by atoms with Crippen molar-refractivity contribution in [2.75, 3.05) is 26.7 Å². The molecule has 3 heteroatoms. The van der Waals surface area contributed by atoms with Crippen LogP contribution in [0.3, 0.4) is 0 Å². The zero-order chi connectivity index (χ0) is 7.56. The van der Waals surface area contributed by atoms with Gasteiger partial charge in [0, 0.05) is 13.1 Å². The Labute approximate surface area is 61.4 Å². The van der Waals surface area contributed by atoms with Crippen LogP contribution in [-0.4, -0.2) is 43.8 Å². The Balaban J connectivity index is 2.31. The summed E-state index contributed by atoms with van der Waals surface area (Å²) in [6, 6.07) is 0.0648. The normalized spacial score (nSPS) is 35.1. The maximum absolute atomic E-state index is 12.9. The van der Waals surface area contributed by atoms with Crippen molar-refractivity contribution in [1.82, 2.24) is 10.2 Å². The highest BCUT2D eigenvalue weighted by molar-refractivity contribution is 4.87. The minimum absolute atomic E-state index is 0.0648.